The Hall–Kier alpha value is -2.22. The van der Waals surface area contributed by atoms with Crippen LogP contribution in [-0.2, 0) is 4.79 Å². The number of rotatable bonds is 5. The summed E-state index contributed by atoms with van der Waals surface area (Å²) >= 11 is 7.58. The number of benzene rings is 2. The number of aryl methyl sites for hydroxylation is 2. The van der Waals surface area contributed by atoms with Gasteiger partial charge in [-0.3, -0.25) is 10.1 Å². The van der Waals surface area contributed by atoms with Crippen LogP contribution in [0.15, 0.2) is 52.4 Å². The fourth-order valence-electron chi connectivity index (χ4n) is 2.93. The van der Waals surface area contributed by atoms with Crippen molar-refractivity contribution in [2.24, 2.45) is 10.7 Å². The smallest absolute Gasteiger partial charge is 0.224 e. The van der Waals surface area contributed by atoms with Crippen LogP contribution in [-0.4, -0.2) is 30.0 Å². The second kappa shape index (κ2) is 9.32. The summed E-state index contributed by atoms with van der Waals surface area (Å²) in [6.07, 6.45) is -0.160. The quantitative estimate of drug-likeness (QED) is 0.340. The number of carbonyl (C=O) groups is 1. The number of nitrogens with zero attached hydrogens (tertiary/aromatic N) is 1. The summed E-state index contributed by atoms with van der Waals surface area (Å²) in [5.74, 6) is 0.940. The number of hydrogen-bond donors (Lipinski definition) is 4. The number of halogens is 1. The Kier molecular flexibility index (Phi) is 6.83. The number of guanidine groups is 1. The molecule has 1 heterocycles. The average molecular weight is 418 g/mol. The Morgan fingerprint density at radius 2 is 2.04 bits per heavy atom. The first-order valence-corrected chi connectivity index (χ1v) is 10.4. The molecule has 2 unspecified atom stereocenters. The van der Waals surface area contributed by atoms with Crippen LogP contribution >= 0.6 is 23.4 Å². The highest BCUT2D eigenvalue weighted by Crippen LogP contribution is 2.22. The molecule has 0 aliphatic carbocycles. The van der Waals surface area contributed by atoms with E-state index in [2.05, 4.69) is 27.0 Å². The predicted octanol–water partition coefficient (Wildman–Crippen LogP) is 3.24. The Morgan fingerprint density at radius 1 is 1.29 bits per heavy atom. The number of anilines is 1. The van der Waals surface area contributed by atoms with Crippen LogP contribution in [0, 0.1) is 13.8 Å². The van der Waals surface area contributed by atoms with E-state index in [9.17, 15) is 4.79 Å². The van der Waals surface area contributed by atoms with Gasteiger partial charge in [0, 0.05) is 33.8 Å². The molecule has 0 spiro atoms. The molecule has 1 amide bonds. The lowest BCUT2D eigenvalue weighted by Crippen LogP contribution is -2.57. The molecule has 3 rings (SSSR count). The normalized spacial score (nSPS) is 20.0. The van der Waals surface area contributed by atoms with Gasteiger partial charge in [0.25, 0.3) is 0 Å². The van der Waals surface area contributed by atoms with Gasteiger partial charge in [-0.2, -0.15) is 0 Å². The predicted molar refractivity (Wildman–Crippen MR) is 117 cm³/mol. The van der Waals surface area contributed by atoms with Gasteiger partial charge in [0.05, 0.1) is 0 Å². The van der Waals surface area contributed by atoms with Gasteiger partial charge in [0.2, 0.25) is 5.91 Å². The van der Waals surface area contributed by atoms with Crippen LogP contribution in [0.3, 0.4) is 0 Å². The lowest BCUT2D eigenvalue weighted by Gasteiger charge is -2.29. The monoisotopic (exact) mass is 417 g/mol. The van der Waals surface area contributed by atoms with Crippen molar-refractivity contribution in [2.45, 2.75) is 37.5 Å². The van der Waals surface area contributed by atoms with E-state index in [1.54, 1.807) is 11.8 Å². The maximum Gasteiger partial charge on any atom is 0.224 e. The van der Waals surface area contributed by atoms with Crippen LogP contribution in [0.25, 0.3) is 0 Å². The average Bonchev–Trinajstić information content (AvgIpc) is 2.63. The third-order valence-electron chi connectivity index (χ3n) is 4.30. The second-order valence-electron chi connectivity index (χ2n) is 6.76. The van der Waals surface area contributed by atoms with Crippen molar-refractivity contribution in [3.63, 3.8) is 0 Å². The molecular formula is C20H24ClN5OS. The Labute approximate surface area is 174 Å². The Balaban J connectivity index is 1.59. The summed E-state index contributed by atoms with van der Waals surface area (Å²) < 4.78 is 0. The summed E-state index contributed by atoms with van der Waals surface area (Å²) in [6.45, 7) is 4.05. The molecule has 6 nitrogen and oxygen atoms in total. The van der Waals surface area contributed by atoms with E-state index in [1.807, 2.05) is 50.2 Å². The molecule has 1 saturated heterocycles. The SMILES string of the molecule is Cc1ccc(N/C(N)=N/C2NC(=O)CC(CSc3ccc(Cl)cc3)N2)c(C)c1. The summed E-state index contributed by atoms with van der Waals surface area (Å²) in [5, 5.41) is 9.93. The Morgan fingerprint density at radius 3 is 2.75 bits per heavy atom. The van der Waals surface area contributed by atoms with E-state index >= 15 is 0 Å². The van der Waals surface area contributed by atoms with Crippen molar-refractivity contribution in [3.05, 3.63) is 58.6 Å². The molecule has 1 fully saturated rings. The first-order chi connectivity index (χ1) is 13.4. The molecular weight excluding hydrogens is 394 g/mol. The maximum absolute atomic E-state index is 12.1. The van der Waals surface area contributed by atoms with E-state index < -0.39 is 6.29 Å². The number of hydrogen-bond acceptors (Lipinski definition) is 4. The number of nitrogens with two attached hydrogens (primary N) is 1. The van der Waals surface area contributed by atoms with Gasteiger partial charge in [-0.05, 0) is 49.7 Å². The molecule has 1 aliphatic heterocycles. The minimum absolute atomic E-state index is 0.00270. The molecule has 2 atom stereocenters. The van der Waals surface area contributed by atoms with Crippen LogP contribution < -0.4 is 21.7 Å². The van der Waals surface area contributed by atoms with Gasteiger partial charge in [0.1, 0.15) is 0 Å². The number of carbonyl (C=O) groups excluding carboxylic acids is 1. The number of aliphatic imine (C=N–C) groups is 1. The zero-order chi connectivity index (χ0) is 20.1. The third kappa shape index (κ3) is 5.89. The van der Waals surface area contributed by atoms with Crippen molar-refractivity contribution in [1.82, 2.24) is 10.6 Å². The fourth-order valence-corrected chi connectivity index (χ4v) is 3.99. The van der Waals surface area contributed by atoms with E-state index in [0.717, 1.165) is 21.9 Å². The number of nitrogens with one attached hydrogen (secondary N) is 3. The summed E-state index contributed by atoms with van der Waals surface area (Å²) in [4.78, 5) is 17.5. The largest absolute Gasteiger partial charge is 0.370 e. The summed E-state index contributed by atoms with van der Waals surface area (Å²) in [5.41, 5.74) is 9.20. The molecule has 28 heavy (non-hydrogen) atoms. The minimum atomic E-state index is -0.560. The standard InChI is InChI=1S/C20H24ClN5OS/c1-12-3-8-17(13(2)9-12)24-19(22)26-20-23-15(10-18(27)25-20)11-28-16-6-4-14(21)5-7-16/h3-9,15,20,23H,10-11H2,1-2H3,(H,25,27)(H3,22,24,26). The third-order valence-corrected chi connectivity index (χ3v) is 5.73. The first kappa shape index (κ1) is 20.5. The summed E-state index contributed by atoms with van der Waals surface area (Å²) in [6, 6.07) is 13.7. The van der Waals surface area contributed by atoms with Gasteiger partial charge in [-0.25, -0.2) is 4.99 Å². The zero-order valence-electron chi connectivity index (χ0n) is 15.8. The van der Waals surface area contributed by atoms with E-state index in [1.165, 1.54) is 5.56 Å². The van der Waals surface area contributed by atoms with Crippen LogP contribution in [0.2, 0.25) is 5.02 Å². The molecule has 1 aliphatic rings. The second-order valence-corrected chi connectivity index (χ2v) is 8.29. The van der Waals surface area contributed by atoms with Gasteiger partial charge in [0.15, 0.2) is 12.2 Å². The van der Waals surface area contributed by atoms with Gasteiger partial charge < -0.3 is 16.4 Å². The van der Waals surface area contributed by atoms with Crippen molar-refractivity contribution < 1.29 is 4.79 Å². The van der Waals surface area contributed by atoms with E-state index in [0.29, 0.717) is 11.4 Å². The Bertz CT molecular complexity index is 871. The van der Waals surface area contributed by atoms with Crippen LogP contribution in [0.4, 0.5) is 5.69 Å². The van der Waals surface area contributed by atoms with Gasteiger partial charge in [-0.1, -0.05) is 29.3 Å². The van der Waals surface area contributed by atoms with E-state index in [-0.39, 0.29) is 17.9 Å². The van der Waals surface area contributed by atoms with Gasteiger partial charge >= 0.3 is 0 Å². The molecule has 0 bridgehead atoms. The highest BCUT2D eigenvalue weighted by Gasteiger charge is 2.25. The zero-order valence-corrected chi connectivity index (χ0v) is 17.4. The highest BCUT2D eigenvalue weighted by atomic mass is 35.5. The number of amides is 1. The van der Waals surface area contributed by atoms with E-state index in [4.69, 9.17) is 17.3 Å². The van der Waals surface area contributed by atoms with Crippen molar-refractivity contribution in [2.75, 3.05) is 11.1 Å². The highest BCUT2D eigenvalue weighted by molar-refractivity contribution is 7.99. The molecule has 148 valence electrons. The van der Waals surface area contributed by atoms with Crippen LogP contribution in [0.5, 0.6) is 0 Å². The molecule has 0 radical (unpaired) electrons. The molecule has 5 N–H and O–H groups in total. The first-order valence-electron chi connectivity index (χ1n) is 9.00. The molecule has 0 saturated carbocycles. The van der Waals surface area contributed by atoms with Crippen molar-refractivity contribution >= 4 is 40.9 Å². The molecule has 2 aromatic rings. The fraction of sp³-hybridized carbons (Fsp3) is 0.300. The molecule has 8 heteroatoms. The number of thioether (sulfide) groups is 1. The van der Waals surface area contributed by atoms with Crippen molar-refractivity contribution in [1.29, 1.82) is 0 Å². The molecule has 2 aromatic carbocycles. The van der Waals surface area contributed by atoms with Gasteiger partial charge in [-0.15, -0.1) is 11.8 Å². The maximum atomic E-state index is 12.1. The lowest BCUT2D eigenvalue weighted by atomic mass is 10.1. The summed E-state index contributed by atoms with van der Waals surface area (Å²) in [7, 11) is 0. The lowest BCUT2D eigenvalue weighted by molar-refractivity contribution is -0.124. The minimum Gasteiger partial charge on any atom is -0.370 e. The molecule has 0 aromatic heterocycles. The van der Waals surface area contributed by atoms with Crippen molar-refractivity contribution in [3.8, 4) is 0 Å². The topological polar surface area (TPSA) is 91.5 Å². The van der Waals surface area contributed by atoms with Crippen LogP contribution in [0.1, 0.15) is 17.5 Å².